The lowest BCUT2D eigenvalue weighted by molar-refractivity contribution is -0.113. The minimum absolute atomic E-state index is 0.0115. The molecule has 0 spiro atoms. The predicted molar refractivity (Wildman–Crippen MR) is 86.4 cm³/mol. The first-order valence-electron chi connectivity index (χ1n) is 6.50. The molecule has 3 heteroatoms. The second-order valence-electron chi connectivity index (χ2n) is 5.03. The summed E-state index contributed by atoms with van der Waals surface area (Å²) in [7, 11) is 1.71. The monoisotopic (exact) mass is 270 g/mol. The molecular formula is C17H22N2O. The Morgan fingerprint density at radius 3 is 2.10 bits per heavy atom. The lowest BCUT2D eigenvalue weighted by Gasteiger charge is -2.10. The molecule has 0 saturated heterocycles. The van der Waals surface area contributed by atoms with Gasteiger partial charge in [0.1, 0.15) is 0 Å². The number of hydrogen-bond acceptors (Lipinski definition) is 3. The summed E-state index contributed by atoms with van der Waals surface area (Å²) in [6.45, 7) is 11.1. The van der Waals surface area contributed by atoms with Crippen molar-refractivity contribution >= 4 is 17.2 Å². The van der Waals surface area contributed by atoms with Crippen LogP contribution in [0.15, 0.2) is 40.9 Å². The molecule has 1 rings (SSSR count). The van der Waals surface area contributed by atoms with Gasteiger partial charge in [0.15, 0.2) is 5.78 Å². The first-order chi connectivity index (χ1) is 9.27. The van der Waals surface area contributed by atoms with E-state index < -0.39 is 0 Å². The van der Waals surface area contributed by atoms with E-state index in [1.54, 1.807) is 13.1 Å². The minimum atomic E-state index is -0.0115. The van der Waals surface area contributed by atoms with Crippen molar-refractivity contribution in [2.45, 2.75) is 27.7 Å². The fourth-order valence-electron chi connectivity index (χ4n) is 2.06. The number of carbonyl (C=O) groups is 1. The van der Waals surface area contributed by atoms with Crippen molar-refractivity contribution in [2.24, 2.45) is 4.99 Å². The number of nitrogen functional groups attached to an aromatic ring is 1. The van der Waals surface area contributed by atoms with Crippen LogP contribution < -0.4 is 5.73 Å². The van der Waals surface area contributed by atoms with Gasteiger partial charge in [0.2, 0.25) is 0 Å². The highest BCUT2D eigenvalue weighted by Crippen LogP contribution is 2.20. The van der Waals surface area contributed by atoms with Gasteiger partial charge in [-0.15, -0.1) is 0 Å². The van der Waals surface area contributed by atoms with Crippen molar-refractivity contribution in [3.8, 4) is 0 Å². The van der Waals surface area contributed by atoms with Gasteiger partial charge in [0.25, 0.3) is 0 Å². The molecule has 1 aromatic carbocycles. The molecule has 0 bridgehead atoms. The topological polar surface area (TPSA) is 55.4 Å². The Morgan fingerprint density at radius 1 is 1.25 bits per heavy atom. The summed E-state index contributed by atoms with van der Waals surface area (Å²) in [5.74, 6) is -0.0115. The fourth-order valence-corrected chi connectivity index (χ4v) is 2.06. The van der Waals surface area contributed by atoms with E-state index in [1.165, 1.54) is 6.92 Å². The molecular weight excluding hydrogens is 248 g/mol. The van der Waals surface area contributed by atoms with Crippen LogP contribution in [-0.4, -0.2) is 18.5 Å². The number of carbonyl (C=O) groups excluding carboxylic acids is 1. The van der Waals surface area contributed by atoms with Gasteiger partial charge < -0.3 is 5.73 Å². The Morgan fingerprint density at radius 2 is 1.75 bits per heavy atom. The summed E-state index contributed by atoms with van der Waals surface area (Å²) in [4.78, 5) is 15.9. The van der Waals surface area contributed by atoms with Crippen molar-refractivity contribution < 1.29 is 4.79 Å². The molecule has 0 saturated carbocycles. The highest BCUT2D eigenvalue weighted by atomic mass is 16.1. The van der Waals surface area contributed by atoms with E-state index in [-0.39, 0.29) is 5.78 Å². The van der Waals surface area contributed by atoms with Crippen molar-refractivity contribution in [3.63, 3.8) is 0 Å². The van der Waals surface area contributed by atoms with Crippen LogP contribution in [0.3, 0.4) is 0 Å². The maximum absolute atomic E-state index is 11.7. The number of benzene rings is 1. The van der Waals surface area contributed by atoms with Crippen molar-refractivity contribution in [2.75, 3.05) is 12.8 Å². The third kappa shape index (κ3) is 3.44. The molecule has 0 radical (unpaired) electrons. The van der Waals surface area contributed by atoms with Gasteiger partial charge in [-0.25, -0.2) is 0 Å². The maximum atomic E-state index is 11.7. The smallest absolute Gasteiger partial charge is 0.160 e. The first-order valence-corrected chi connectivity index (χ1v) is 6.50. The molecule has 1 aromatic rings. The fraction of sp³-hybridized carbons (Fsp3) is 0.294. The molecule has 0 fully saturated rings. The van der Waals surface area contributed by atoms with Crippen molar-refractivity contribution in [1.82, 2.24) is 0 Å². The summed E-state index contributed by atoms with van der Waals surface area (Å²) in [5.41, 5.74) is 11.8. The molecule has 106 valence electrons. The quantitative estimate of drug-likeness (QED) is 0.394. The zero-order valence-electron chi connectivity index (χ0n) is 12.9. The third-order valence-electron chi connectivity index (χ3n) is 3.25. The Balaban J connectivity index is 3.39. The van der Waals surface area contributed by atoms with E-state index in [4.69, 9.17) is 5.73 Å². The number of nitrogens with zero attached hydrogens (tertiary/aromatic N) is 1. The van der Waals surface area contributed by atoms with Crippen LogP contribution in [-0.2, 0) is 4.79 Å². The molecule has 0 atom stereocenters. The van der Waals surface area contributed by atoms with Crippen LogP contribution in [0.1, 0.15) is 30.5 Å². The average Bonchev–Trinajstić information content (AvgIpc) is 2.35. The predicted octanol–water partition coefficient (Wildman–Crippen LogP) is 3.40. The number of hydrogen-bond donors (Lipinski definition) is 1. The van der Waals surface area contributed by atoms with Crippen LogP contribution in [0.25, 0.3) is 0 Å². The first kappa shape index (κ1) is 15.9. The summed E-state index contributed by atoms with van der Waals surface area (Å²) >= 11 is 0. The molecule has 20 heavy (non-hydrogen) atoms. The molecule has 0 aliphatic heterocycles. The Bertz CT molecular complexity index is 583. The number of allylic oxidation sites excluding steroid dienone is 3. The molecule has 0 aliphatic carbocycles. The summed E-state index contributed by atoms with van der Waals surface area (Å²) < 4.78 is 0. The lowest BCUT2D eigenvalue weighted by Crippen LogP contribution is -2.06. The van der Waals surface area contributed by atoms with Crippen molar-refractivity contribution in [1.29, 1.82) is 0 Å². The third-order valence-corrected chi connectivity index (χ3v) is 3.25. The highest BCUT2D eigenvalue weighted by molar-refractivity contribution is 6.14. The van der Waals surface area contributed by atoms with Gasteiger partial charge in [0.05, 0.1) is 5.71 Å². The number of Topliss-reactive ketones (excluding diaryl/α,β-unsaturated/α-hetero) is 1. The van der Waals surface area contributed by atoms with E-state index in [0.717, 1.165) is 33.7 Å². The molecule has 0 aliphatic rings. The Labute approximate surface area is 120 Å². The van der Waals surface area contributed by atoms with Crippen LogP contribution in [0.2, 0.25) is 0 Å². The number of aryl methyl sites for hydroxylation is 2. The second-order valence-corrected chi connectivity index (χ2v) is 5.03. The maximum Gasteiger partial charge on any atom is 0.160 e. The number of rotatable bonds is 4. The standard InChI is InChI=1S/C17H22N2O/c1-10(2)15(13(5)20)9-16(19-6)14-7-11(3)17(18)12(4)8-14/h7-9H,1,18H2,2-6H3/b15-9+,19-16?. The van der Waals surface area contributed by atoms with Crippen LogP contribution in [0, 0.1) is 13.8 Å². The molecule has 0 unspecified atom stereocenters. The molecule has 0 aromatic heterocycles. The average molecular weight is 270 g/mol. The van der Waals surface area contributed by atoms with Gasteiger partial charge >= 0.3 is 0 Å². The zero-order chi connectivity index (χ0) is 15.4. The number of aliphatic imine (C=N–C) groups is 1. The molecule has 0 amide bonds. The molecule has 0 heterocycles. The number of nitrogens with two attached hydrogens (primary N) is 1. The SMILES string of the molecule is C=C(C)/C(=C\C(=NC)c1cc(C)c(N)c(C)c1)C(C)=O. The van der Waals surface area contributed by atoms with Gasteiger partial charge in [-0.1, -0.05) is 6.58 Å². The summed E-state index contributed by atoms with van der Waals surface area (Å²) in [6.07, 6.45) is 1.79. The largest absolute Gasteiger partial charge is 0.398 e. The Kier molecular flexibility index (Phi) is 5.03. The van der Waals surface area contributed by atoms with E-state index in [0.29, 0.717) is 5.57 Å². The van der Waals surface area contributed by atoms with Crippen LogP contribution in [0.5, 0.6) is 0 Å². The van der Waals surface area contributed by atoms with Gasteiger partial charge in [-0.3, -0.25) is 9.79 Å². The van der Waals surface area contributed by atoms with E-state index in [9.17, 15) is 4.79 Å². The number of ketones is 1. The van der Waals surface area contributed by atoms with Gasteiger partial charge in [-0.2, -0.15) is 0 Å². The van der Waals surface area contributed by atoms with Crippen LogP contribution in [0.4, 0.5) is 5.69 Å². The lowest BCUT2D eigenvalue weighted by atomic mass is 9.97. The molecule has 2 N–H and O–H groups in total. The van der Waals surface area contributed by atoms with E-state index in [1.807, 2.05) is 32.9 Å². The van der Waals surface area contributed by atoms with E-state index >= 15 is 0 Å². The summed E-state index contributed by atoms with van der Waals surface area (Å²) in [6, 6.07) is 3.97. The number of anilines is 1. The highest BCUT2D eigenvalue weighted by Gasteiger charge is 2.10. The van der Waals surface area contributed by atoms with E-state index in [2.05, 4.69) is 11.6 Å². The van der Waals surface area contributed by atoms with Crippen molar-refractivity contribution in [3.05, 3.63) is 52.6 Å². The second kappa shape index (κ2) is 6.33. The van der Waals surface area contributed by atoms with Crippen LogP contribution >= 0.6 is 0 Å². The zero-order valence-corrected chi connectivity index (χ0v) is 12.9. The summed E-state index contributed by atoms with van der Waals surface area (Å²) in [5, 5.41) is 0. The van der Waals surface area contributed by atoms with Gasteiger partial charge in [-0.05, 0) is 62.6 Å². The minimum Gasteiger partial charge on any atom is -0.398 e. The normalized spacial score (nSPS) is 12.4. The van der Waals surface area contributed by atoms with Gasteiger partial charge in [0, 0.05) is 23.9 Å². The Hall–Kier alpha value is -2.16. The molecule has 3 nitrogen and oxygen atoms in total.